The smallest absolute Gasteiger partial charge is 0.180 e. The number of benzene rings is 8. The predicted molar refractivity (Wildman–Crippen MR) is 246 cm³/mol. The highest BCUT2D eigenvalue weighted by molar-refractivity contribution is 7.27. The van der Waals surface area contributed by atoms with Crippen LogP contribution in [0.15, 0.2) is 187 Å². The first-order valence-electron chi connectivity index (χ1n) is 19.8. The van der Waals surface area contributed by atoms with Crippen molar-refractivity contribution in [2.45, 2.75) is 0 Å². The van der Waals surface area contributed by atoms with Crippen LogP contribution >= 0.6 is 11.3 Å². The van der Waals surface area contributed by atoms with Crippen molar-refractivity contribution in [1.82, 2.24) is 19.5 Å². The third-order valence-corrected chi connectivity index (χ3v) is 13.0. The van der Waals surface area contributed by atoms with Gasteiger partial charge in [0.25, 0.3) is 0 Å². The lowest BCUT2D eigenvalue weighted by molar-refractivity contribution is 0.667. The molecule has 0 saturated heterocycles. The minimum absolute atomic E-state index is 0.609. The van der Waals surface area contributed by atoms with Gasteiger partial charge in [0.05, 0.1) is 15.7 Å². The molecule has 13 rings (SSSR count). The summed E-state index contributed by atoms with van der Waals surface area (Å²) in [6.07, 6.45) is 1.89. The number of thiophene rings is 1. The predicted octanol–water partition coefficient (Wildman–Crippen LogP) is 14.5. The topological polar surface area (TPSA) is 56.7 Å². The summed E-state index contributed by atoms with van der Waals surface area (Å²) in [5.41, 5.74) is 9.41. The largest absolute Gasteiger partial charge is 0.452 e. The Morgan fingerprint density at radius 2 is 1.15 bits per heavy atom. The molecule has 59 heavy (non-hydrogen) atoms. The second kappa shape index (κ2) is 12.4. The van der Waals surface area contributed by atoms with E-state index < -0.39 is 0 Å². The van der Waals surface area contributed by atoms with Gasteiger partial charge in [-0.3, -0.25) is 4.57 Å². The van der Waals surface area contributed by atoms with Gasteiger partial charge < -0.3 is 4.42 Å². The van der Waals surface area contributed by atoms with E-state index in [2.05, 4.69) is 150 Å². The Kier molecular flexibility index (Phi) is 6.82. The molecule has 0 radical (unpaired) electrons. The molecule has 0 spiro atoms. The Morgan fingerprint density at radius 1 is 0.475 bits per heavy atom. The zero-order valence-corrected chi connectivity index (χ0v) is 32.2. The fraction of sp³-hybridized carbons (Fsp3) is 0. The molecular formula is C53H30N4OS. The van der Waals surface area contributed by atoms with E-state index in [-0.39, 0.29) is 0 Å². The molecule has 0 N–H and O–H groups in total. The van der Waals surface area contributed by atoms with Gasteiger partial charge in [0, 0.05) is 54.3 Å². The van der Waals surface area contributed by atoms with Gasteiger partial charge in [-0.05, 0) is 57.6 Å². The van der Waals surface area contributed by atoms with Crippen LogP contribution in [0, 0.1) is 0 Å². The van der Waals surface area contributed by atoms with E-state index in [1.165, 1.54) is 58.1 Å². The van der Waals surface area contributed by atoms with Crippen LogP contribution < -0.4 is 0 Å². The molecule has 5 heterocycles. The molecule has 0 unspecified atom stereocenters. The van der Waals surface area contributed by atoms with E-state index in [4.69, 9.17) is 19.4 Å². The first-order valence-corrected chi connectivity index (χ1v) is 20.6. The number of pyridine rings is 1. The number of para-hydroxylation sites is 1. The van der Waals surface area contributed by atoms with Crippen molar-refractivity contribution in [2.75, 3.05) is 0 Å². The van der Waals surface area contributed by atoms with E-state index >= 15 is 0 Å². The van der Waals surface area contributed by atoms with Crippen molar-refractivity contribution in [2.24, 2.45) is 0 Å². The van der Waals surface area contributed by atoms with Crippen molar-refractivity contribution >= 4 is 96.9 Å². The molecule has 0 aliphatic rings. The fourth-order valence-electron chi connectivity index (χ4n) is 9.21. The van der Waals surface area contributed by atoms with Crippen LogP contribution in [0.1, 0.15) is 0 Å². The molecule has 5 aromatic heterocycles. The van der Waals surface area contributed by atoms with Crippen LogP contribution in [0.25, 0.3) is 125 Å². The molecule has 274 valence electrons. The molecule has 0 atom stereocenters. The lowest BCUT2D eigenvalue weighted by Gasteiger charge is -2.12. The average Bonchev–Trinajstić information content (AvgIpc) is 4.00. The molecule has 6 heteroatoms. The maximum atomic E-state index is 6.52. The number of aromatic nitrogens is 4. The van der Waals surface area contributed by atoms with Crippen LogP contribution in [0.2, 0.25) is 0 Å². The Balaban J connectivity index is 1.10. The summed E-state index contributed by atoms with van der Waals surface area (Å²) in [5, 5.41) is 10.8. The van der Waals surface area contributed by atoms with Crippen LogP contribution in [-0.4, -0.2) is 19.5 Å². The Hall–Kier alpha value is -7.67. The number of hydrogen-bond donors (Lipinski definition) is 0. The number of hydrogen-bond acceptors (Lipinski definition) is 5. The molecule has 13 aromatic rings. The van der Waals surface area contributed by atoms with Crippen LogP contribution in [-0.2, 0) is 0 Å². The van der Waals surface area contributed by atoms with Crippen molar-refractivity contribution in [3.8, 4) is 39.6 Å². The SMILES string of the molecule is c1ccc(-c2ccc(-c3nc(-c4ccnc(-n5c6c7ccccc7ccc6c6c7ccccc7c7c8ccccc8sc7c65)c4)nc4c3oc3ccccc34)cc2)cc1. The molecule has 0 bridgehead atoms. The fourth-order valence-corrected chi connectivity index (χ4v) is 10.5. The van der Waals surface area contributed by atoms with Gasteiger partial charge in [-0.25, -0.2) is 15.0 Å². The molecule has 0 fully saturated rings. The van der Waals surface area contributed by atoms with Crippen molar-refractivity contribution in [3.63, 3.8) is 0 Å². The standard InChI is InChI=1S/C53H30N4OS/c1-2-12-31(13-3-1)32-22-24-34(25-23-32)47-51-48(39-18-8-10-20-42(39)58-51)56-53(55-47)35-28-29-54-44(30-35)57-49-36-15-5-4-14-33(36)26-27-41(49)45-37-16-6-7-17-38(37)46-40-19-9-11-21-43(40)59-52(46)50(45)57/h1-30H. The van der Waals surface area contributed by atoms with E-state index in [9.17, 15) is 0 Å². The highest BCUT2D eigenvalue weighted by atomic mass is 32.1. The van der Waals surface area contributed by atoms with Gasteiger partial charge in [0.15, 0.2) is 11.4 Å². The molecule has 0 amide bonds. The van der Waals surface area contributed by atoms with Crippen LogP contribution in [0.4, 0.5) is 0 Å². The normalized spacial score (nSPS) is 12.1. The third-order valence-electron chi connectivity index (χ3n) is 11.8. The van der Waals surface area contributed by atoms with Gasteiger partial charge in [0.2, 0.25) is 0 Å². The average molecular weight is 771 g/mol. The first kappa shape index (κ1) is 32.4. The van der Waals surface area contributed by atoms with Crippen LogP contribution in [0.5, 0.6) is 0 Å². The summed E-state index contributed by atoms with van der Waals surface area (Å²) in [4.78, 5) is 15.7. The number of fused-ring (bicyclic) bond motifs is 15. The highest BCUT2D eigenvalue weighted by Crippen LogP contribution is 2.49. The summed E-state index contributed by atoms with van der Waals surface area (Å²) in [6.45, 7) is 0. The zero-order valence-electron chi connectivity index (χ0n) is 31.4. The second-order valence-electron chi connectivity index (χ2n) is 15.1. The third kappa shape index (κ3) is 4.75. The van der Waals surface area contributed by atoms with Crippen LogP contribution in [0.3, 0.4) is 0 Å². The van der Waals surface area contributed by atoms with E-state index in [0.717, 1.165) is 55.7 Å². The molecular weight excluding hydrogens is 741 g/mol. The van der Waals surface area contributed by atoms with E-state index in [1.807, 2.05) is 47.9 Å². The Bertz CT molecular complexity index is 3840. The maximum absolute atomic E-state index is 6.52. The Morgan fingerprint density at radius 3 is 2.00 bits per heavy atom. The summed E-state index contributed by atoms with van der Waals surface area (Å²) in [6, 6.07) is 62.1. The molecule has 5 nitrogen and oxygen atoms in total. The quantitative estimate of drug-likeness (QED) is 0.179. The molecule has 0 aliphatic heterocycles. The van der Waals surface area contributed by atoms with E-state index in [0.29, 0.717) is 11.4 Å². The first-order chi connectivity index (χ1) is 29.3. The Labute approximate surface area is 341 Å². The monoisotopic (exact) mass is 770 g/mol. The lowest BCUT2D eigenvalue weighted by atomic mass is 9.98. The summed E-state index contributed by atoms with van der Waals surface area (Å²) in [5.74, 6) is 1.42. The van der Waals surface area contributed by atoms with Gasteiger partial charge in [-0.2, -0.15) is 0 Å². The van der Waals surface area contributed by atoms with Crippen molar-refractivity contribution in [1.29, 1.82) is 0 Å². The van der Waals surface area contributed by atoms with Gasteiger partial charge in [0.1, 0.15) is 22.6 Å². The molecule has 0 aliphatic carbocycles. The minimum Gasteiger partial charge on any atom is -0.452 e. The second-order valence-corrected chi connectivity index (χ2v) is 16.2. The lowest BCUT2D eigenvalue weighted by Crippen LogP contribution is -2.00. The summed E-state index contributed by atoms with van der Waals surface area (Å²) < 4.78 is 11.4. The van der Waals surface area contributed by atoms with Gasteiger partial charge in [-0.1, -0.05) is 146 Å². The highest BCUT2D eigenvalue weighted by Gasteiger charge is 2.24. The minimum atomic E-state index is 0.609. The summed E-state index contributed by atoms with van der Waals surface area (Å²) >= 11 is 1.85. The summed E-state index contributed by atoms with van der Waals surface area (Å²) in [7, 11) is 0. The number of rotatable bonds is 4. The zero-order chi connectivity index (χ0) is 38.6. The van der Waals surface area contributed by atoms with Gasteiger partial charge in [-0.15, -0.1) is 11.3 Å². The molecule has 0 saturated carbocycles. The van der Waals surface area contributed by atoms with E-state index in [1.54, 1.807) is 0 Å². The maximum Gasteiger partial charge on any atom is 0.180 e. The van der Waals surface area contributed by atoms with Gasteiger partial charge >= 0.3 is 0 Å². The number of nitrogens with zero attached hydrogens (tertiary/aromatic N) is 4. The molecule has 8 aromatic carbocycles. The number of furan rings is 1. The van der Waals surface area contributed by atoms with Crippen molar-refractivity contribution < 1.29 is 4.42 Å². The van der Waals surface area contributed by atoms with Crippen molar-refractivity contribution in [3.05, 3.63) is 182 Å².